The number of carbonyl (C=O) groups excluding carboxylic acids is 2. The summed E-state index contributed by atoms with van der Waals surface area (Å²) in [5.74, 6) is -0.524. The molecule has 1 heterocycles. The van der Waals surface area contributed by atoms with Crippen LogP contribution in [0.15, 0.2) is 24.4 Å². The third-order valence-electron chi connectivity index (χ3n) is 3.11. The van der Waals surface area contributed by atoms with Gasteiger partial charge in [0.05, 0.1) is 29.3 Å². The second kappa shape index (κ2) is 8.93. The molecule has 2 aromatic rings. The summed E-state index contributed by atoms with van der Waals surface area (Å²) < 4.78 is 15.1. The summed E-state index contributed by atoms with van der Waals surface area (Å²) in [5, 5.41) is 2.48. The van der Waals surface area contributed by atoms with Gasteiger partial charge in [0.25, 0.3) is 5.91 Å². The second-order valence-corrected chi connectivity index (χ2v) is 5.94. The summed E-state index contributed by atoms with van der Waals surface area (Å²) in [4.78, 5) is 27.7. The molecule has 138 valence electrons. The first-order valence-electron chi connectivity index (χ1n) is 7.05. The van der Waals surface area contributed by atoms with Gasteiger partial charge in [-0.05, 0) is 12.1 Å². The van der Waals surface area contributed by atoms with Crippen LogP contribution in [0.3, 0.4) is 0 Å². The molecule has 0 unspecified atom stereocenters. The molecule has 0 spiro atoms. The van der Waals surface area contributed by atoms with Gasteiger partial charge in [-0.2, -0.15) is 0 Å². The van der Waals surface area contributed by atoms with Crippen LogP contribution < -0.4 is 14.8 Å². The molecular weight excluding hydrogens is 407 g/mol. The SMILES string of the molecule is COc1ccc(NC(=O)COC(=O)c2ncc(Cl)c(Cl)c2Cl)cc1OC. The average Bonchev–Trinajstić information content (AvgIpc) is 2.64. The topological polar surface area (TPSA) is 86.8 Å². The number of halogens is 3. The molecule has 1 aromatic carbocycles. The molecule has 0 saturated carbocycles. The lowest BCUT2D eigenvalue weighted by molar-refractivity contribution is -0.119. The van der Waals surface area contributed by atoms with Crippen molar-refractivity contribution >= 4 is 52.4 Å². The highest BCUT2D eigenvalue weighted by atomic mass is 35.5. The number of hydrogen-bond donors (Lipinski definition) is 1. The monoisotopic (exact) mass is 418 g/mol. The maximum Gasteiger partial charge on any atom is 0.359 e. The number of anilines is 1. The fourth-order valence-corrected chi connectivity index (χ4v) is 2.45. The van der Waals surface area contributed by atoms with E-state index in [0.29, 0.717) is 17.2 Å². The molecule has 0 saturated heterocycles. The number of ether oxygens (including phenoxy) is 3. The molecule has 0 atom stereocenters. The highest BCUT2D eigenvalue weighted by molar-refractivity contribution is 6.48. The van der Waals surface area contributed by atoms with Crippen molar-refractivity contribution in [2.45, 2.75) is 0 Å². The van der Waals surface area contributed by atoms with Crippen LogP contribution in [0.2, 0.25) is 15.1 Å². The van der Waals surface area contributed by atoms with Crippen molar-refractivity contribution in [1.29, 1.82) is 0 Å². The van der Waals surface area contributed by atoms with Crippen LogP contribution in [-0.2, 0) is 9.53 Å². The number of nitrogens with zero attached hydrogens (tertiary/aromatic N) is 1. The molecule has 0 radical (unpaired) electrons. The Kier molecular flexibility index (Phi) is 6.90. The first kappa shape index (κ1) is 20.1. The summed E-state index contributed by atoms with van der Waals surface area (Å²) in [6, 6.07) is 4.80. The van der Waals surface area contributed by atoms with Crippen LogP contribution in [0.25, 0.3) is 0 Å². The van der Waals surface area contributed by atoms with Gasteiger partial charge in [-0.25, -0.2) is 9.78 Å². The van der Waals surface area contributed by atoms with E-state index >= 15 is 0 Å². The number of nitrogens with one attached hydrogen (secondary N) is 1. The zero-order valence-electron chi connectivity index (χ0n) is 13.6. The van der Waals surface area contributed by atoms with E-state index in [1.54, 1.807) is 18.2 Å². The van der Waals surface area contributed by atoms with E-state index in [9.17, 15) is 9.59 Å². The van der Waals surface area contributed by atoms with E-state index in [0.717, 1.165) is 6.20 Å². The summed E-state index contributed by atoms with van der Waals surface area (Å²) in [6.07, 6.45) is 1.16. The molecule has 1 amide bonds. The van der Waals surface area contributed by atoms with Gasteiger partial charge in [0.2, 0.25) is 0 Å². The van der Waals surface area contributed by atoms with Crippen LogP contribution >= 0.6 is 34.8 Å². The number of benzene rings is 1. The van der Waals surface area contributed by atoms with Crippen molar-refractivity contribution in [1.82, 2.24) is 4.98 Å². The lowest BCUT2D eigenvalue weighted by Crippen LogP contribution is -2.21. The van der Waals surface area contributed by atoms with E-state index in [4.69, 9.17) is 49.0 Å². The smallest absolute Gasteiger partial charge is 0.359 e. The maximum absolute atomic E-state index is 12.0. The molecule has 0 fully saturated rings. The fourth-order valence-electron chi connectivity index (χ4n) is 1.90. The van der Waals surface area contributed by atoms with E-state index < -0.39 is 18.5 Å². The van der Waals surface area contributed by atoms with Crippen LogP contribution in [0.5, 0.6) is 11.5 Å². The molecule has 2 rings (SSSR count). The first-order valence-corrected chi connectivity index (χ1v) is 8.19. The van der Waals surface area contributed by atoms with E-state index in [1.807, 2.05) is 0 Å². The number of aromatic nitrogens is 1. The lowest BCUT2D eigenvalue weighted by Gasteiger charge is -2.11. The van der Waals surface area contributed by atoms with Gasteiger partial charge in [-0.15, -0.1) is 0 Å². The van der Waals surface area contributed by atoms with Crippen LogP contribution in [-0.4, -0.2) is 37.7 Å². The summed E-state index contributed by atoms with van der Waals surface area (Å²) >= 11 is 17.5. The highest BCUT2D eigenvalue weighted by Gasteiger charge is 2.19. The van der Waals surface area contributed by atoms with Crippen LogP contribution in [0.1, 0.15) is 10.5 Å². The molecule has 26 heavy (non-hydrogen) atoms. The van der Waals surface area contributed by atoms with Gasteiger partial charge in [-0.1, -0.05) is 34.8 Å². The Balaban J connectivity index is 1.99. The predicted octanol–water partition coefficient (Wildman–Crippen LogP) is 3.85. The summed E-state index contributed by atoms with van der Waals surface area (Å²) in [5.41, 5.74) is 0.203. The average molecular weight is 420 g/mol. The van der Waals surface area contributed by atoms with Gasteiger partial charge in [0.1, 0.15) is 0 Å². The number of pyridine rings is 1. The molecule has 0 aliphatic heterocycles. The van der Waals surface area contributed by atoms with E-state index in [2.05, 4.69) is 10.3 Å². The minimum Gasteiger partial charge on any atom is -0.493 e. The van der Waals surface area contributed by atoms with Gasteiger partial charge >= 0.3 is 5.97 Å². The van der Waals surface area contributed by atoms with Crippen molar-refractivity contribution in [3.05, 3.63) is 45.2 Å². The van der Waals surface area contributed by atoms with Gasteiger partial charge < -0.3 is 19.5 Å². The number of hydrogen-bond acceptors (Lipinski definition) is 6. The van der Waals surface area contributed by atoms with Crippen molar-refractivity contribution in [2.75, 3.05) is 26.1 Å². The van der Waals surface area contributed by atoms with E-state index in [1.165, 1.54) is 14.2 Å². The summed E-state index contributed by atoms with van der Waals surface area (Å²) in [7, 11) is 2.97. The van der Waals surface area contributed by atoms with Crippen LogP contribution in [0.4, 0.5) is 5.69 Å². The molecular formula is C16H13Cl3N2O5. The Morgan fingerprint density at radius 2 is 1.77 bits per heavy atom. The molecule has 0 aliphatic carbocycles. The van der Waals surface area contributed by atoms with Crippen LogP contribution in [0, 0.1) is 0 Å². The Hall–Kier alpha value is -2.22. The zero-order chi connectivity index (χ0) is 19.3. The standard InChI is InChI=1S/C16H13Cl3N2O5/c1-24-10-4-3-8(5-11(10)25-2)21-12(22)7-26-16(23)15-14(19)13(18)9(17)6-20-15/h3-6H,7H2,1-2H3,(H,21,22). The normalized spacial score (nSPS) is 10.2. The van der Waals surface area contributed by atoms with Crippen molar-refractivity contribution < 1.29 is 23.8 Å². The lowest BCUT2D eigenvalue weighted by atomic mass is 10.2. The zero-order valence-corrected chi connectivity index (χ0v) is 15.9. The predicted molar refractivity (Wildman–Crippen MR) is 97.7 cm³/mol. The Bertz CT molecular complexity index is 845. The van der Waals surface area contributed by atoms with Gasteiger partial charge in [-0.3, -0.25) is 4.79 Å². The quantitative estimate of drug-likeness (QED) is 0.716. The maximum atomic E-state index is 12.0. The van der Waals surface area contributed by atoms with Gasteiger partial charge in [0.15, 0.2) is 23.8 Å². The minimum atomic E-state index is -0.906. The molecule has 1 N–H and O–H groups in total. The number of methoxy groups -OCH3 is 2. The van der Waals surface area contributed by atoms with Crippen molar-refractivity contribution in [3.63, 3.8) is 0 Å². The number of carbonyl (C=O) groups is 2. The third-order valence-corrected chi connectivity index (χ3v) is 4.35. The second-order valence-electron chi connectivity index (χ2n) is 4.78. The Morgan fingerprint density at radius 3 is 2.42 bits per heavy atom. The molecule has 1 aromatic heterocycles. The highest BCUT2D eigenvalue weighted by Crippen LogP contribution is 2.31. The number of amides is 1. The molecule has 10 heteroatoms. The van der Waals surface area contributed by atoms with Gasteiger partial charge in [0, 0.05) is 18.0 Å². The van der Waals surface area contributed by atoms with Crippen molar-refractivity contribution in [2.24, 2.45) is 0 Å². The third kappa shape index (κ3) is 4.69. The molecule has 7 nitrogen and oxygen atoms in total. The Morgan fingerprint density at radius 1 is 1.08 bits per heavy atom. The largest absolute Gasteiger partial charge is 0.493 e. The summed E-state index contributed by atoms with van der Waals surface area (Å²) in [6.45, 7) is -0.550. The molecule has 0 aliphatic rings. The Labute approximate surface area is 164 Å². The molecule has 0 bridgehead atoms. The first-order chi connectivity index (χ1) is 12.4. The minimum absolute atomic E-state index is 0.0231. The van der Waals surface area contributed by atoms with E-state index in [-0.39, 0.29) is 20.8 Å². The van der Waals surface area contributed by atoms with Crippen molar-refractivity contribution in [3.8, 4) is 11.5 Å². The number of rotatable bonds is 6. The fraction of sp³-hybridized carbons (Fsp3) is 0.188. The number of esters is 1.